The summed E-state index contributed by atoms with van der Waals surface area (Å²) in [5.74, 6) is 0.863. The number of aryl methyl sites for hydroxylation is 1. The third-order valence-electron chi connectivity index (χ3n) is 4.75. The summed E-state index contributed by atoms with van der Waals surface area (Å²) in [6.07, 6.45) is 0. The summed E-state index contributed by atoms with van der Waals surface area (Å²) in [6, 6.07) is 16.6. The number of aromatic nitrogens is 2. The van der Waals surface area contributed by atoms with E-state index < -0.39 is 0 Å². The molecule has 2 aromatic heterocycles. The van der Waals surface area contributed by atoms with E-state index in [1.165, 1.54) is 27.7 Å². The number of benzene rings is 2. The first kappa shape index (κ1) is 16.7. The summed E-state index contributed by atoms with van der Waals surface area (Å²) in [5, 5.41) is 7.65. The lowest BCUT2D eigenvalue weighted by Gasteiger charge is -2.03. The van der Waals surface area contributed by atoms with Gasteiger partial charge in [0.2, 0.25) is 0 Å². The van der Waals surface area contributed by atoms with Crippen LogP contribution in [0.3, 0.4) is 0 Å². The zero-order valence-electron chi connectivity index (χ0n) is 15.1. The Morgan fingerprint density at radius 2 is 1.96 bits per heavy atom. The average molecular weight is 363 g/mol. The van der Waals surface area contributed by atoms with Gasteiger partial charge in [0, 0.05) is 41.1 Å². The van der Waals surface area contributed by atoms with E-state index in [0.717, 1.165) is 23.1 Å². The predicted molar refractivity (Wildman–Crippen MR) is 109 cm³/mol. The highest BCUT2D eigenvalue weighted by molar-refractivity contribution is 7.14. The second-order valence-electron chi connectivity index (χ2n) is 6.28. The first-order chi connectivity index (χ1) is 12.7. The van der Waals surface area contributed by atoms with Crippen LogP contribution >= 0.6 is 11.3 Å². The van der Waals surface area contributed by atoms with Crippen molar-refractivity contribution >= 4 is 27.4 Å². The van der Waals surface area contributed by atoms with Crippen LogP contribution in [-0.2, 0) is 13.6 Å². The van der Waals surface area contributed by atoms with Crippen LogP contribution in [0, 0.1) is 6.92 Å². The number of ether oxygens (including phenoxy) is 1. The van der Waals surface area contributed by atoms with Crippen LogP contribution in [0.25, 0.3) is 22.2 Å². The molecule has 5 heteroatoms. The normalized spacial score (nSPS) is 11.0. The Labute approximate surface area is 157 Å². The quantitative estimate of drug-likeness (QED) is 0.528. The average Bonchev–Trinajstić information content (AvgIpc) is 3.23. The number of thiazole rings is 1. The zero-order valence-corrected chi connectivity index (χ0v) is 15.9. The number of nitrogens with zero attached hydrogens (tertiary/aromatic N) is 2. The minimum Gasteiger partial charge on any atom is -0.497 e. The number of methoxy groups -OCH3 is 1. The Hall–Kier alpha value is -2.79. The minimum absolute atomic E-state index is 0.774. The van der Waals surface area contributed by atoms with Gasteiger partial charge < -0.3 is 14.6 Å². The summed E-state index contributed by atoms with van der Waals surface area (Å²) >= 11 is 1.64. The van der Waals surface area contributed by atoms with E-state index in [4.69, 9.17) is 9.72 Å². The Kier molecular flexibility index (Phi) is 4.39. The monoisotopic (exact) mass is 363 g/mol. The van der Waals surface area contributed by atoms with Crippen LogP contribution in [0.1, 0.15) is 11.3 Å². The molecule has 0 amide bonds. The number of fused-ring (bicyclic) bond motifs is 1. The Morgan fingerprint density at radius 3 is 2.73 bits per heavy atom. The molecule has 0 fully saturated rings. The maximum absolute atomic E-state index is 5.42. The van der Waals surface area contributed by atoms with Gasteiger partial charge in [0.25, 0.3) is 0 Å². The van der Waals surface area contributed by atoms with Crippen molar-refractivity contribution in [2.75, 3.05) is 12.4 Å². The van der Waals surface area contributed by atoms with Crippen molar-refractivity contribution in [3.05, 3.63) is 65.2 Å². The molecular weight excluding hydrogens is 342 g/mol. The number of anilines is 1. The molecule has 0 atom stereocenters. The molecule has 4 nitrogen and oxygen atoms in total. The molecule has 132 valence electrons. The molecule has 0 unspecified atom stereocenters. The van der Waals surface area contributed by atoms with E-state index in [0.29, 0.717) is 0 Å². The van der Waals surface area contributed by atoms with Crippen LogP contribution in [0.5, 0.6) is 5.75 Å². The lowest BCUT2D eigenvalue weighted by molar-refractivity contribution is 0.415. The molecule has 0 aliphatic rings. The van der Waals surface area contributed by atoms with E-state index >= 15 is 0 Å². The lowest BCUT2D eigenvalue weighted by Crippen LogP contribution is -1.98. The van der Waals surface area contributed by atoms with Crippen molar-refractivity contribution in [3.8, 4) is 17.0 Å². The molecule has 26 heavy (non-hydrogen) atoms. The van der Waals surface area contributed by atoms with Crippen molar-refractivity contribution < 1.29 is 4.74 Å². The summed E-state index contributed by atoms with van der Waals surface area (Å²) < 4.78 is 7.62. The zero-order chi connectivity index (χ0) is 18.1. The van der Waals surface area contributed by atoms with Crippen LogP contribution in [0.2, 0.25) is 0 Å². The van der Waals surface area contributed by atoms with Crippen LogP contribution in [0.4, 0.5) is 5.13 Å². The highest BCUT2D eigenvalue weighted by Crippen LogP contribution is 2.37. The molecule has 0 saturated carbocycles. The van der Waals surface area contributed by atoms with E-state index in [9.17, 15) is 0 Å². The molecule has 0 aliphatic carbocycles. The number of rotatable bonds is 5. The first-order valence-electron chi connectivity index (χ1n) is 8.54. The molecule has 0 aliphatic heterocycles. The topological polar surface area (TPSA) is 39.1 Å². The molecule has 0 spiro atoms. The molecule has 4 rings (SSSR count). The maximum Gasteiger partial charge on any atom is 0.183 e. The van der Waals surface area contributed by atoms with Gasteiger partial charge in [-0.1, -0.05) is 30.3 Å². The molecule has 4 aromatic rings. The molecular formula is C21H21N3OS. The van der Waals surface area contributed by atoms with Crippen LogP contribution < -0.4 is 10.1 Å². The third kappa shape index (κ3) is 2.95. The van der Waals surface area contributed by atoms with Gasteiger partial charge in [0.15, 0.2) is 5.13 Å². The van der Waals surface area contributed by atoms with Crippen molar-refractivity contribution in [2.45, 2.75) is 13.5 Å². The van der Waals surface area contributed by atoms with Gasteiger partial charge in [-0.3, -0.25) is 0 Å². The second kappa shape index (κ2) is 6.84. The molecule has 1 N–H and O–H groups in total. The van der Waals surface area contributed by atoms with Gasteiger partial charge in [-0.15, -0.1) is 11.3 Å². The molecule has 0 radical (unpaired) electrons. The largest absolute Gasteiger partial charge is 0.497 e. The van der Waals surface area contributed by atoms with Gasteiger partial charge in [-0.25, -0.2) is 4.98 Å². The van der Waals surface area contributed by atoms with E-state index in [2.05, 4.69) is 65.6 Å². The first-order valence-corrected chi connectivity index (χ1v) is 9.42. The number of nitrogens with one attached hydrogen (secondary N) is 1. The van der Waals surface area contributed by atoms with Crippen molar-refractivity contribution in [3.63, 3.8) is 0 Å². The fraction of sp³-hybridized carbons (Fsp3) is 0.190. The van der Waals surface area contributed by atoms with Gasteiger partial charge in [-0.2, -0.15) is 0 Å². The summed E-state index contributed by atoms with van der Waals surface area (Å²) in [6.45, 7) is 2.91. The van der Waals surface area contributed by atoms with E-state index in [-0.39, 0.29) is 0 Å². The smallest absolute Gasteiger partial charge is 0.183 e. The Balaban J connectivity index is 1.68. The highest BCUT2D eigenvalue weighted by Gasteiger charge is 2.17. The Morgan fingerprint density at radius 1 is 1.15 bits per heavy atom. The predicted octanol–water partition coefficient (Wildman–Crippen LogP) is 5.23. The van der Waals surface area contributed by atoms with Crippen LogP contribution in [0.15, 0.2) is 53.9 Å². The fourth-order valence-corrected chi connectivity index (χ4v) is 3.95. The fourth-order valence-electron chi connectivity index (χ4n) is 3.24. The summed E-state index contributed by atoms with van der Waals surface area (Å²) in [7, 11) is 3.79. The van der Waals surface area contributed by atoms with Crippen molar-refractivity contribution in [1.29, 1.82) is 0 Å². The Bertz CT molecular complexity index is 1050. The number of hydrogen-bond donors (Lipinski definition) is 1. The molecule has 2 heterocycles. The van der Waals surface area contributed by atoms with Gasteiger partial charge >= 0.3 is 0 Å². The second-order valence-corrected chi connectivity index (χ2v) is 7.14. The summed E-state index contributed by atoms with van der Waals surface area (Å²) in [5.41, 5.74) is 5.81. The third-order valence-corrected chi connectivity index (χ3v) is 5.55. The molecule has 0 saturated heterocycles. The highest BCUT2D eigenvalue weighted by atomic mass is 32.1. The van der Waals surface area contributed by atoms with Crippen molar-refractivity contribution in [2.24, 2.45) is 7.05 Å². The molecule has 0 bridgehead atoms. The van der Waals surface area contributed by atoms with Gasteiger partial charge in [0.1, 0.15) is 5.75 Å². The molecule has 2 aromatic carbocycles. The van der Waals surface area contributed by atoms with E-state index in [1.54, 1.807) is 18.4 Å². The maximum atomic E-state index is 5.42. The minimum atomic E-state index is 0.774. The number of hydrogen-bond acceptors (Lipinski definition) is 4. The standard InChI is InChI=1S/C21H21N3OS/c1-14-20(17-11-16(25-3)9-10-19(17)24(14)2)18-13-26-21(23-18)22-12-15-7-5-4-6-8-15/h4-11,13H,12H2,1-3H3,(H,22,23). The van der Waals surface area contributed by atoms with E-state index in [1.807, 2.05) is 12.1 Å². The lowest BCUT2D eigenvalue weighted by atomic mass is 10.1. The summed E-state index contributed by atoms with van der Waals surface area (Å²) in [4.78, 5) is 4.83. The van der Waals surface area contributed by atoms with Gasteiger partial charge in [-0.05, 0) is 30.7 Å². The van der Waals surface area contributed by atoms with Gasteiger partial charge in [0.05, 0.1) is 12.8 Å². The van der Waals surface area contributed by atoms with Crippen molar-refractivity contribution in [1.82, 2.24) is 9.55 Å². The SMILES string of the molecule is COc1ccc2c(c1)c(-c1csc(NCc3ccccc3)n1)c(C)n2C. The van der Waals surface area contributed by atoms with Crippen LogP contribution in [-0.4, -0.2) is 16.7 Å².